The molecule has 0 spiro atoms. The SMILES string of the molecule is O=C(O)c1ccc2c(c1)CCC(=O)N2CCn1cccn1. The summed E-state index contributed by atoms with van der Waals surface area (Å²) in [7, 11) is 0. The van der Waals surface area contributed by atoms with E-state index in [0.29, 0.717) is 25.9 Å². The van der Waals surface area contributed by atoms with E-state index < -0.39 is 5.97 Å². The van der Waals surface area contributed by atoms with E-state index in [9.17, 15) is 9.59 Å². The number of hydrogen-bond donors (Lipinski definition) is 1. The number of aromatic carboxylic acids is 1. The highest BCUT2D eigenvalue weighted by atomic mass is 16.4. The lowest BCUT2D eigenvalue weighted by Gasteiger charge is -2.29. The predicted octanol–water partition coefficient (Wildman–Crippen LogP) is 1.56. The average Bonchev–Trinajstić information content (AvgIpc) is 2.99. The van der Waals surface area contributed by atoms with Crippen molar-refractivity contribution < 1.29 is 14.7 Å². The Morgan fingerprint density at radius 3 is 2.86 bits per heavy atom. The van der Waals surface area contributed by atoms with Crippen LogP contribution in [0.15, 0.2) is 36.7 Å². The van der Waals surface area contributed by atoms with Gasteiger partial charge in [-0.2, -0.15) is 5.10 Å². The molecule has 6 heteroatoms. The van der Waals surface area contributed by atoms with Crippen molar-refractivity contribution in [3.05, 3.63) is 47.8 Å². The Hall–Kier alpha value is -2.63. The number of aromatic nitrogens is 2. The molecule has 1 amide bonds. The van der Waals surface area contributed by atoms with Crippen molar-refractivity contribution in [2.24, 2.45) is 0 Å². The van der Waals surface area contributed by atoms with Gasteiger partial charge >= 0.3 is 5.97 Å². The fourth-order valence-corrected chi connectivity index (χ4v) is 2.57. The summed E-state index contributed by atoms with van der Waals surface area (Å²) in [5, 5.41) is 13.2. The second kappa shape index (κ2) is 5.40. The monoisotopic (exact) mass is 285 g/mol. The summed E-state index contributed by atoms with van der Waals surface area (Å²) < 4.78 is 1.77. The number of nitrogens with zero attached hydrogens (tertiary/aromatic N) is 3. The lowest BCUT2D eigenvalue weighted by atomic mass is 9.98. The maximum absolute atomic E-state index is 12.1. The van der Waals surface area contributed by atoms with Crippen molar-refractivity contribution in [3.63, 3.8) is 0 Å². The van der Waals surface area contributed by atoms with Gasteiger partial charge in [-0.1, -0.05) is 0 Å². The number of rotatable bonds is 4. The van der Waals surface area contributed by atoms with Crippen LogP contribution in [0.2, 0.25) is 0 Å². The van der Waals surface area contributed by atoms with Crippen LogP contribution in [0.3, 0.4) is 0 Å². The molecule has 0 bridgehead atoms. The van der Waals surface area contributed by atoms with Crippen LogP contribution >= 0.6 is 0 Å². The van der Waals surface area contributed by atoms with Crippen molar-refractivity contribution >= 4 is 17.6 Å². The van der Waals surface area contributed by atoms with Crippen LogP contribution < -0.4 is 4.90 Å². The Labute approximate surface area is 121 Å². The molecule has 21 heavy (non-hydrogen) atoms. The number of carboxylic acids is 1. The summed E-state index contributed by atoms with van der Waals surface area (Å²) in [5.74, 6) is -0.879. The number of anilines is 1. The summed E-state index contributed by atoms with van der Waals surface area (Å²) in [4.78, 5) is 24.9. The minimum absolute atomic E-state index is 0.0673. The zero-order valence-corrected chi connectivity index (χ0v) is 11.4. The van der Waals surface area contributed by atoms with Gasteiger partial charge in [0.15, 0.2) is 0 Å². The molecule has 1 aromatic heterocycles. The standard InChI is InChI=1S/C15H15N3O3/c19-14-5-3-11-10-12(15(20)21)2-4-13(11)18(14)9-8-17-7-1-6-16-17/h1-2,4,6-7,10H,3,5,8-9H2,(H,20,21). The van der Waals surface area contributed by atoms with Gasteiger partial charge in [0.25, 0.3) is 0 Å². The molecular weight excluding hydrogens is 270 g/mol. The number of carbonyl (C=O) groups excluding carboxylic acids is 1. The van der Waals surface area contributed by atoms with Gasteiger partial charge < -0.3 is 10.0 Å². The van der Waals surface area contributed by atoms with Crippen LogP contribution in [0, 0.1) is 0 Å². The van der Waals surface area contributed by atoms with Gasteiger partial charge in [-0.25, -0.2) is 4.79 Å². The number of carboxylic acid groups (broad SMARTS) is 1. The van der Waals surface area contributed by atoms with Gasteiger partial charge in [-0.15, -0.1) is 0 Å². The Balaban J connectivity index is 1.84. The summed E-state index contributed by atoms with van der Waals surface area (Å²) >= 11 is 0. The van der Waals surface area contributed by atoms with E-state index in [0.717, 1.165) is 11.3 Å². The van der Waals surface area contributed by atoms with Gasteiger partial charge in [0.1, 0.15) is 0 Å². The van der Waals surface area contributed by atoms with E-state index >= 15 is 0 Å². The van der Waals surface area contributed by atoms with Gasteiger partial charge in [-0.05, 0) is 36.2 Å². The van der Waals surface area contributed by atoms with Crippen molar-refractivity contribution in [1.29, 1.82) is 0 Å². The third kappa shape index (κ3) is 2.65. The molecule has 0 saturated carbocycles. The molecule has 1 aromatic carbocycles. The van der Waals surface area contributed by atoms with Gasteiger partial charge in [0.05, 0.1) is 12.1 Å². The average molecular weight is 285 g/mol. The lowest BCUT2D eigenvalue weighted by Crippen LogP contribution is -2.37. The largest absolute Gasteiger partial charge is 0.478 e. The van der Waals surface area contributed by atoms with Crippen LogP contribution in [0.5, 0.6) is 0 Å². The third-order valence-electron chi connectivity index (χ3n) is 3.64. The van der Waals surface area contributed by atoms with E-state index in [1.807, 2.05) is 12.3 Å². The molecule has 0 saturated heterocycles. The fourth-order valence-electron chi connectivity index (χ4n) is 2.57. The van der Waals surface area contributed by atoms with E-state index in [1.165, 1.54) is 0 Å². The second-order valence-corrected chi connectivity index (χ2v) is 4.96. The van der Waals surface area contributed by atoms with Crippen LogP contribution in [-0.2, 0) is 17.8 Å². The zero-order chi connectivity index (χ0) is 14.8. The molecule has 0 atom stereocenters. The summed E-state index contributed by atoms with van der Waals surface area (Å²) in [6.07, 6.45) is 4.55. The number of aryl methyl sites for hydroxylation is 1. The maximum atomic E-state index is 12.1. The molecule has 1 aliphatic rings. The Bertz CT molecular complexity index is 679. The van der Waals surface area contributed by atoms with Gasteiger partial charge in [-0.3, -0.25) is 9.48 Å². The van der Waals surface area contributed by atoms with E-state index in [4.69, 9.17) is 5.11 Å². The van der Waals surface area contributed by atoms with Crippen LogP contribution in [0.4, 0.5) is 5.69 Å². The van der Waals surface area contributed by atoms with Crippen molar-refractivity contribution in [2.75, 3.05) is 11.4 Å². The van der Waals surface area contributed by atoms with Gasteiger partial charge in [0, 0.05) is 31.0 Å². The number of benzene rings is 1. The highest BCUT2D eigenvalue weighted by Crippen LogP contribution is 2.28. The van der Waals surface area contributed by atoms with Crippen LogP contribution in [-0.4, -0.2) is 33.3 Å². The molecule has 0 radical (unpaired) electrons. The number of hydrogen-bond acceptors (Lipinski definition) is 3. The molecule has 1 aliphatic heterocycles. The quantitative estimate of drug-likeness (QED) is 0.925. The normalized spacial score (nSPS) is 14.1. The molecule has 0 unspecified atom stereocenters. The first kappa shape index (κ1) is 13.4. The fraction of sp³-hybridized carbons (Fsp3) is 0.267. The van der Waals surface area contributed by atoms with E-state index in [-0.39, 0.29) is 11.5 Å². The van der Waals surface area contributed by atoms with Gasteiger partial charge in [0.2, 0.25) is 5.91 Å². The molecule has 6 nitrogen and oxygen atoms in total. The lowest BCUT2D eigenvalue weighted by molar-refractivity contribution is -0.118. The topological polar surface area (TPSA) is 75.4 Å². The number of amides is 1. The Morgan fingerprint density at radius 2 is 2.14 bits per heavy atom. The number of fused-ring (bicyclic) bond motifs is 1. The molecule has 2 heterocycles. The van der Waals surface area contributed by atoms with Crippen molar-refractivity contribution in [3.8, 4) is 0 Å². The van der Waals surface area contributed by atoms with Crippen LogP contribution in [0.25, 0.3) is 0 Å². The van der Waals surface area contributed by atoms with E-state index in [2.05, 4.69) is 5.10 Å². The van der Waals surface area contributed by atoms with Crippen LogP contribution in [0.1, 0.15) is 22.3 Å². The highest BCUT2D eigenvalue weighted by Gasteiger charge is 2.24. The zero-order valence-electron chi connectivity index (χ0n) is 11.4. The minimum atomic E-state index is -0.946. The molecule has 3 rings (SSSR count). The molecule has 108 valence electrons. The predicted molar refractivity (Wildman–Crippen MR) is 76.3 cm³/mol. The first-order chi connectivity index (χ1) is 10.1. The number of carbonyl (C=O) groups is 2. The van der Waals surface area contributed by atoms with Crippen molar-refractivity contribution in [2.45, 2.75) is 19.4 Å². The maximum Gasteiger partial charge on any atom is 0.335 e. The summed E-state index contributed by atoms with van der Waals surface area (Å²) in [6, 6.07) is 6.76. The Morgan fingerprint density at radius 1 is 1.29 bits per heavy atom. The first-order valence-corrected chi connectivity index (χ1v) is 6.79. The summed E-state index contributed by atoms with van der Waals surface area (Å²) in [5.41, 5.74) is 1.98. The molecule has 2 aromatic rings. The summed E-state index contributed by atoms with van der Waals surface area (Å²) in [6.45, 7) is 1.14. The van der Waals surface area contributed by atoms with E-state index in [1.54, 1.807) is 34.0 Å². The smallest absolute Gasteiger partial charge is 0.335 e. The van der Waals surface area contributed by atoms with Crippen molar-refractivity contribution in [1.82, 2.24) is 9.78 Å². The second-order valence-electron chi connectivity index (χ2n) is 4.96. The first-order valence-electron chi connectivity index (χ1n) is 6.79. The molecule has 0 aliphatic carbocycles. The third-order valence-corrected chi connectivity index (χ3v) is 3.64. The molecule has 1 N–H and O–H groups in total. The molecule has 0 fully saturated rings. The molecular formula is C15H15N3O3. The highest BCUT2D eigenvalue weighted by molar-refractivity contribution is 5.97. The minimum Gasteiger partial charge on any atom is -0.478 e. The Kier molecular flexibility index (Phi) is 3.43.